The van der Waals surface area contributed by atoms with Gasteiger partial charge in [-0.2, -0.15) is 4.98 Å². The summed E-state index contributed by atoms with van der Waals surface area (Å²) in [5.41, 5.74) is 9.51. The first kappa shape index (κ1) is 31.9. The van der Waals surface area contributed by atoms with Gasteiger partial charge in [0.25, 0.3) is 0 Å². The lowest BCUT2D eigenvalue weighted by atomic mass is 9.86. The number of aromatic amines is 1. The molecule has 1 aliphatic rings. The summed E-state index contributed by atoms with van der Waals surface area (Å²) >= 11 is 6.30. The summed E-state index contributed by atoms with van der Waals surface area (Å²) in [6.45, 7) is 7.33. The molecule has 0 unspecified atom stereocenters. The number of amidine groups is 1. The van der Waals surface area contributed by atoms with Crippen LogP contribution in [0.2, 0.25) is 5.02 Å². The van der Waals surface area contributed by atoms with E-state index in [9.17, 15) is 4.79 Å². The minimum absolute atomic E-state index is 0.0322. The van der Waals surface area contributed by atoms with Crippen molar-refractivity contribution < 1.29 is 4.39 Å². The lowest BCUT2D eigenvalue weighted by Gasteiger charge is -2.23. The van der Waals surface area contributed by atoms with Gasteiger partial charge in [-0.25, -0.2) is 9.18 Å². The molecule has 0 spiro atoms. The number of aryl methyl sites for hydroxylation is 1. The van der Waals surface area contributed by atoms with Crippen LogP contribution in [-0.2, 0) is 6.42 Å². The summed E-state index contributed by atoms with van der Waals surface area (Å²) in [5, 5.41) is 15.3. The van der Waals surface area contributed by atoms with E-state index < -0.39 is 11.5 Å². The molecule has 0 radical (unpaired) electrons. The average molecular weight is 620 g/mol. The van der Waals surface area contributed by atoms with Crippen molar-refractivity contribution in [2.45, 2.75) is 77.8 Å². The molecule has 2 atom stereocenters. The van der Waals surface area contributed by atoms with Gasteiger partial charge in [0.1, 0.15) is 5.65 Å². The maximum atomic E-state index is 15.2. The Morgan fingerprint density at radius 2 is 1.95 bits per heavy atom. The molecular formula is C34H43ClFN7O. The van der Waals surface area contributed by atoms with E-state index in [1.165, 1.54) is 16.6 Å². The fourth-order valence-corrected chi connectivity index (χ4v) is 6.12. The first-order valence-corrected chi connectivity index (χ1v) is 15.9. The second kappa shape index (κ2) is 13.6. The summed E-state index contributed by atoms with van der Waals surface area (Å²) in [5.74, 6) is -0.0186. The van der Waals surface area contributed by atoms with E-state index in [2.05, 4.69) is 46.6 Å². The predicted molar refractivity (Wildman–Crippen MR) is 177 cm³/mol. The molecule has 10 heteroatoms. The van der Waals surface area contributed by atoms with E-state index in [1.807, 2.05) is 12.1 Å². The van der Waals surface area contributed by atoms with Crippen molar-refractivity contribution in [1.82, 2.24) is 25.2 Å². The number of hydrogen-bond acceptors (Lipinski definition) is 5. The van der Waals surface area contributed by atoms with Crippen LogP contribution in [-0.4, -0.2) is 39.5 Å². The Bertz CT molecular complexity index is 1680. The number of nitrogens with one attached hydrogen (secondary N) is 4. The highest BCUT2D eigenvalue weighted by atomic mass is 35.5. The number of nitrogens with zero attached hydrogens (tertiary/aromatic N) is 2. The molecule has 1 aliphatic heterocycles. The molecule has 0 saturated carbocycles. The van der Waals surface area contributed by atoms with Crippen molar-refractivity contribution >= 4 is 28.5 Å². The van der Waals surface area contributed by atoms with Gasteiger partial charge < -0.3 is 21.4 Å². The number of H-pyrrole nitrogens is 1. The van der Waals surface area contributed by atoms with Gasteiger partial charge in [-0.15, -0.1) is 0 Å². The number of fused-ring (bicyclic) bond motifs is 1. The van der Waals surface area contributed by atoms with Crippen LogP contribution in [0.15, 0.2) is 53.5 Å². The highest BCUT2D eigenvalue weighted by Gasteiger charge is 2.21. The number of nitrogens with two attached hydrogens (primary N) is 1. The number of halogens is 2. The van der Waals surface area contributed by atoms with Crippen LogP contribution in [0.25, 0.3) is 28.0 Å². The van der Waals surface area contributed by atoms with Crippen LogP contribution in [0.4, 0.5) is 4.39 Å². The molecule has 234 valence electrons. The molecule has 4 aromatic rings. The second-order valence-corrected chi connectivity index (χ2v) is 13.2. The van der Waals surface area contributed by atoms with Gasteiger partial charge in [0.15, 0.2) is 5.82 Å². The normalized spacial score (nSPS) is 17.5. The van der Waals surface area contributed by atoms with Gasteiger partial charge in [0.05, 0.1) is 22.2 Å². The van der Waals surface area contributed by atoms with Crippen LogP contribution >= 0.6 is 11.6 Å². The standard InChI is InChI=1S/C34H43ClFN7O/c1-21(38)39-15-13-25-6-4-5-7-29(40-25)23-8-10-26(11-9-23)43-19-24-18-30(41-32(24)42-33(43)44)27-16-22(17-28(35)31(27)36)12-14-34(2,3)20-37/h8-11,16-19,25,29,40H,4-7,12-15,20,37H2,1-3H3,(H2,38,39)(H,41,42,44)/t25-,29-/m0/s1. The molecule has 0 amide bonds. The zero-order valence-electron chi connectivity index (χ0n) is 25.8. The van der Waals surface area contributed by atoms with E-state index in [1.54, 1.807) is 31.3 Å². The largest absolute Gasteiger partial charge is 0.374 e. The highest BCUT2D eigenvalue weighted by molar-refractivity contribution is 6.31. The Morgan fingerprint density at radius 3 is 2.68 bits per heavy atom. The van der Waals surface area contributed by atoms with Crippen molar-refractivity contribution in [2.24, 2.45) is 11.1 Å². The number of rotatable bonds is 10. The van der Waals surface area contributed by atoms with Gasteiger partial charge in [-0.3, -0.25) is 9.98 Å². The number of aromatic nitrogens is 3. The van der Waals surface area contributed by atoms with Gasteiger partial charge in [-0.05, 0) is 92.4 Å². The Kier molecular flexibility index (Phi) is 9.87. The molecule has 8 nitrogen and oxygen atoms in total. The topological polar surface area (TPSA) is 125 Å². The van der Waals surface area contributed by atoms with Crippen LogP contribution in [0, 0.1) is 16.6 Å². The first-order chi connectivity index (χ1) is 21.0. The third-order valence-corrected chi connectivity index (χ3v) is 8.99. The van der Waals surface area contributed by atoms with E-state index in [-0.39, 0.29) is 16.5 Å². The summed E-state index contributed by atoms with van der Waals surface area (Å²) in [6, 6.07) is 14.0. The Labute approximate surface area is 263 Å². The fraction of sp³-hybridized carbons (Fsp3) is 0.441. The maximum Gasteiger partial charge on any atom is 0.354 e. The van der Waals surface area contributed by atoms with Gasteiger partial charge in [0, 0.05) is 35.8 Å². The molecule has 3 heterocycles. The molecular weight excluding hydrogens is 577 g/mol. The molecule has 6 N–H and O–H groups in total. The van der Waals surface area contributed by atoms with Crippen LogP contribution in [0.3, 0.4) is 0 Å². The van der Waals surface area contributed by atoms with Crippen LogP contribution in [0.1, 0.15) is 76.5 Å². The molecule has 0 aliphatic carbocycles. The number of hydrogen-bond donors (Lipinski definition) is 5. The van der Waals surface area contributed by atoms with Gasteiger partial charge in [0.2, 0.25) is 0 Å². The lowest BCUT2D eigenvalue weighted by molar-refractivity contribution is 0.348. The smallest absolute Gasteiger partial charge is 0.354 e. The highest BCUT2D eigenvalue weighted by Crippen LogP contribution is 2.33. The predicted octanol–water partition coefficient (Wildman–Crippen LogP) is 6.64. The lowest BCUT2D eigenvalue weighted by Crippen LogP contribution is -2.34. The molecule has 2 aromatic carbocycles. The van der Waals surface area contributed by atoms with Crippen molar-refractivity contribution in [1.29, 1.82) is 5.41 Å². The maximum absolute atomic E-state index is 15.2. The van der Waals surface area contributed by atoms with Crippen LogP contribution < -0.4 is 22.1 Å². The fourth-order valence-electron chi connectivity index (χ4n) is 5.88. The molecule has 2 aromatic heterocycles. The van der Waals surface area contributed by atoms with E-state index in [0.29, 0.717) is 46.4 Å². The van der Waals surface area contributed by atoms with Gasteiger partial charge in [-0.1, -0.05) is 50.4 Å². The van der Waals surface area contributed by atoms with E-state index in [4.69, 9.17) is 22.7 Å². The monoisotopic (exact) mass is 619 g/mol. The summed E-state index contributed by atoms with van der Waals surface area (Å²) in [7, 11) is 0. The minimum Gasteiger partial charge on any atom is -0.374 e. The molecule has 5 rings (SSSR count). The Morgan fingerprint density at radius 1 is 1.20 bits per heavy atom. The van der Waals surface area contributed by atoms with Crippen molar-refractivity contribution in [2.75, 3.05) is 13.1 Å². The number of benzene rings is 2. The van der Waals surface area contributed by atoms with Gasteiger partial charge >= 0.3 is 5.69 Å². The summed E-state index contributed by atoms with van der Waals surface area (Å²) < 4.78 is 16.7. The molecule has 44 heavy (non-hydrogen) atoms. The van der Waals surface area contributed by atoms with Crippen LogP contribution in [0.5, 0.6) is 0 Å². The Balaban J connectivity index is 1.37. The second-order valence-electron chi connectivity index (χ2n) is 12.8. The third kappa shape index (κ3) is 7.57. The first-order valence-electron chi connectivity index (χ1n) is 15.5. The van der Waals surface area contributed by atoms with E-state index in [0.717, 1.165) is 50.6 Å². The summed E-state index contributed by atoms with van der Waals surface area (Å²) in [4.78, 5) is 20.5. The zero-order chi connectivity index (χ0) is 31.4. The Hall–Kier alpha value is -3.53. The average Bonchev–Trinajstić information content (AvgIpc) is 3.25. The minimum atomic E-state index is -0.513. The molecule has 1 fully saturated rings. The zero-order valence-corrected chi connectivity index (χ0v) is 26.5. The quantitative estimate of drug-likeness (QED) is 0.101. The van der Waals surface area contributed by atoms with Crippen molar-refractivity contribution in [3.63, 3.8) is 0 Å². The van der Waals surface area contributed by atoms with E-state index >= 15 is 4.39 Å². The third-order valence-electron chi connectivity index (χ3n) is 8.72. The van der Waals surface area contributed by atoms with Crippen molar-refractivity contribution in [3.05, 3.63) is 81.1 Å². The molecule has 0 bridgehead atoms. The SMILES string of the molecule is CC(=N)NCC[C@@H]1CCCC[C@@H](c2ccc(-n3cc4cc(-c5cc(CCC(C)(C)CN)cc(Cl)c5F)[nH]c4nc3=O)cc2)N1. The summed E-state index contributed by atoms with van der Waals surface area (Å²) in [6.07, 6.45) is 8.79. The van der Waals surface area contributed by atoms with Crippen molar-refractivity contribution in [3.8, 4) is 16.9 Å². The molecule has 1 saturated heterocycles.